The lowest BCUT2D eigenvalue weighted by molar-refractivity contribution is 0.219. The summed E-state index contributed by atoms with van der Waals surface area (Å²) in [6.07, 6.45) is 2.78. The maximum atomic E-state index is 3.30. The van der Waals surface area contributed by atoms with Crippen LogP contribution >= 0.6 is 0 Å². The first-order chi connectivity index (χ1) is 5.25. The first-order valence-corrected chi connectivity index (χ1v) is 4.67. The fraction of sp³-hybridized carbons (Fsp3) is 1.00. The Bertz CT molecular complexity index is 108. The third-order valence-corrected chi connectivity index (χ3v) is 2.90. The van der Waals surface area contributed by atoms with Crippen molar-refractivity contribution in [2.24, 2.45) is 0 Å². The molecule has 0 aliphatic carbocycles. The summed E-state index contributed by atoms with van der Waals surface area (Å²) in [6.45, 7) is 7.16. The lowest BCUT2D eigenvalue weighted by Crippen LogP contribution is -2.44. The van der Waals surface area contributed by atoms with Gasteiger partial charge in [0.05, 0.1) is 0 Å². The molecular weight excluding hydrogens is 136 g/mol. The topological polar surface area (TPSA) is 15.3 Å². The maximum absolute atomic E-state index is 3.30. The van der Waals surface area contributed by atoms with Crippen LogP contribution in [0.3, 0.4) is 0 Å². The third-order valence-electron chi connectivity index (χ3n) is 2.90. The monoisotopic (exact) mass is 156 g/mol. The van der Waals surface area contributed by atoms with Crippen LogP contribution in [0.15, 0.2) is 0 Å². The highest BCUT2D eigenvalue weighted by atomic mass is 15.2. The number of nitrogens with one attached hydrogen (secondary N) is 1. The zero-order valence-electron chi connectivity index (χ0n) is 7.93. The Labute approximate surface area is 70.0 Å². The minimum Gasteiger partial charge on any atom is -0.316 e. The molecule has 0 unspecified atom stereocenters. The molecule has 0 saturated carbocycles. The summed E-state index contributed by atoms with van der Waals surface area (Å²) in [7, 11) is 2.04. The Kier molecular flexibility index (Phi) is 3.34. The van der Waals surface area contributed by atoms with Crippen molar-refractivity contribution >= 4 is 0 Å². The van der Waals surface area contributed by atoms with Gasteiger partial charge in [0.2, 0.25) is 0 Å². The predicted molar refractivity (Wildman–Crippen MR) is 48.8 cm³/mol. The van der Waals surface area contributed by atoms with Crippen molar-refractivity contribution < 1.29 is 0 Å². The summed E-state index contributed by atoms with van der Waals surface area (Å²) >= 11 is 0. The van der Waals surface area contributed by atoms with Crippen LogP contribution in [0, 0.1) is 0 Å². The van der Waals surface area contributed by atoms with Crippen molar-refractivity contribution in [3.8, 4) is 0 Å². The molecule has 1 heterocycles. The fourth-order valence-electron chi connectivity index (χ4n) is 1.71. The van der Waals surface area contributed by atoms with E-state index in [0.29, 0.717) is 12.1 Å². The van der Waals surface area contributed by atoms with E-state index in [0.717, 1.165) is 0 Å². The van der Waals surface area contributed by atoms with E-state index in [2.05, 4.69) is 24.1 Å². The summed E-state index contributed by atoms with van der Waals surface area (Å²) in [5, 5.41) is 3.30. The van der Waals surface area contributed by atoms with Gasteiger partial charge in [-0.2, -0.15) is 0 Å². The van der Waals surface area contributed by atoms with Crippen LogP contribution in [0.25, 0.3) is 0 Å². The summed E-state index contributed by atoms with van der Waals surface area (Å²) in [6, 6.07) is 1.32. The van der Waals surface area contributed by atoms with Crippen molar-refractivity contribution in [3.05, 3.63) is 0 Å². The normalized spacial score (nSPS) is 25.4. The second-order valence-electron chi connectivity index (χ2n) is 3.56. The van der Waals surface area contributed by atoms with Crippen molar-refractivity contribution in [2.45, 2.75) is 38.8 Å². The summed E-state index contributed by atoms with van der Waals surface area (Å²) < 4.78 is 0. The molecule has 1 fully saturated rings. The van der Waals surface area contributed by atoms with E-state index in [1.807, 2.05) is 7.05 Å². The third kappa shape index (κ3) is 2.17. The molecule has 0 aromatic rings. The molecule has 66 valence electrons. The van der Waals surface area contributed by atoms with E-state index in [9.17, 15) is 0 Å². The number of likely N-dealkylation sites (N-methyl/N-ethyl adjacent to an activating group) is 1. The molecule has 1 aliphatic heterocycles. The average molecular weight is 156 g/mol. The van der Waals surface area contributed by atoms with E-state index in [4.69, 9.17) is 0 Å². The van der Waals surface area contributed by atoms with Gasteiger partial charge in [0.15, 0.2) is 0 Å². The maximum Gasteiger partial charge on any atom is 0.0218 e. The molecule has 0 bridgehead atoms. The molecular formula is C9H20N2. The van der Waals surface area contributed by atoms with Gasteiger partial charge in [-0.1, -0.05) is 0 Å². The van der Waals surface area contributed by atoms with Gasteiger partial charge >= 0.3 is 0 Å². The van der Waals surface area contributed by atoms with Gasteiger partial charge in [-0.3, -0.25) is 4.90 Å². The van der Waals surface area contributed by atoms with Crippen LogP contribution in [-0.2, 0) is 0 Å². The lowest BCUT2D eigenvalue weighted by Gasteiger charge is -2.28. The molecule has 2 atom stereocenters. The van der Waals surface area contributed by atoms with Gasteiger partial charge in [-0.05, 0) is 46.8 Å². The lowest BCUT2D eigenvalue weighted by atomic mass is 10.1. The van der Waals surface area contributed by atoms with Crippen molar-refractivity contribution in [1.29, 1.82) is 0 Å². The first-order valence-electron chi connectivity index (χ1n) is 4.67. The zero-order chi connectivity index (χ0) is 8.27. The van der Waals surface area contributed by atoms with Crippen LogP contribution in [0.5, 0.6) is 0 Å². The van der Waals surface area contributed by atoms with Crippen molar-refractivity contribution in [1.82, 2.24) is 10.2 Å². The molecule has 0 radical (unpaired) electrons. The van der Waals surface area contributed by atoms with Gasteiger partial charge in [0, 0.05) is 12.1 Å². The highest BCUT2D eigenvalue weighted by Gasteiger charge is 2.21. The van der Waals surface area contributed by atoms with Crippen molar-refractivity contribution in [2.75, 3.05) is 20.1 Å². The van der Waals surface area contributed by atoms with Gasteiger partial charge in [0.25, 0.3) is 0 Å². The zero-order valence-corrected chi connectivity index (χ0v) is 7.93. The molecule has 1 N–H and O–H groups in total. The van der Waals surface area contributed by atoms with Gasteiger partial charge < -0.3 is 5.32 Å². The van der Waals surface area contributed by atoms with Gasteiger partial charge in [0.1, 0.15) is 0 Å². The Morgan fingerprint density at radius 3 is 2.18 bits per heavy atom. The van der Waals surface area contributed by atoms with E-state index in [1.54, 1.807) is 0 Å². The smallest absolute Gasteiger partial charge is 0.0218 e. The second-order valence-corrected chi connectivity index (χ2v) is 3.56. The largest absolute Gasteiger partial charge is 0.316 e. The minimum atomic E-state index is 0.619. The van der Waals surface area contributed by atoms with Crippen LogP contribution in [-0.4, -0.2) is 37.1 Å². The van der Waals surface area contributed by atoms with E-state index >= 15 is 0 Å². The standard InChI is InChI=1S/C9H20N2/c1-8(10-3)9(2)11-6-4-5-7-11/h8-10H,4-7H2,1-3H3/t8-,9+/m0/s1. The molecule has 1 rings (SSSR count). The summed E-state index contributed by atoms with van der Waals surface area (Å²) in [5.74, 6) is 0. The molecule has 0 aromatic carbocycles. The van der Waals surface area contributed by atoms with Crippen LogP contribution in [0.2, 0.25) is 0 Å². The fourth-order valence-corrected chi connectivity index (χ4v) is 1.71. The van der Waals surface area contributed by atoms with E-state index in [-0.39, 0.29) is 0 Å². The molecule has 0 aromatic heterocycles. The molecule has 0 amide bonds. The summed E-state index contributed by atoms with van der Waals surface area (Å²) in [4.78, 5) is 2.57. The number of likely N-dealkylation sites (tertiary alicyclic amines) is 1. The second kappa shape index (κ2) is 4.07. The molecule has 1 aliphatic rings. The molecule has 2 heteroatoms. The highest BCUT2D eigenvalue weighted by Crippen LogP contribution is 2.13. The molecule has 1 saturated heterocycles. The molecule has 0 spiro atoms. The van der Waals surface area contributed by atoms with Crippen LogP contribution in [0.1, 0.15) is 26.7 Å². The number of hydrogen-bond donors (Lipinski definition) is 1. The average Bonchev–Trinajstić information content (AvgIpc) is 2.53. The van der Waals surface area contributed by atoms with E-state index < -0.39 is 0 Å². The Morgan fingerprint density at radius 1 is 1.18 bits per heavy atom. The SMILES string of the molecule is CN[C@@H](C)[C@@H](C)N1CCCC1. The van der Waals surface area contributed by atoms with Gasteiger partial charge in [-0.25, -0.2) is 0 Å². The Balaban J connectivity index is 2.32. The molecule has 2 nitrogen and oxygen atoms in total. The quantitative estimate of drug-likeness (QED) is 0.658. The number of hydrogen-bond acceptors (Lipinski definition) is 2. The van der Waals surface area contributed by atoms with Crippen LogP contribution < -0.4 is 5.32 Å². The molecule has 11 heavy (non-hydrogen) atoms. The van der Waals surface area contributed by atoms with Gasteiger partial charge in [-0.15, -0.1) is 0 Å². The van der Waals surface area contributed by atoms with Crippen LogP contribution in [0.4, 0.5) is 0 Å². The van der Waals surface area contributed by atoms with Crippen molar-refractivity contribution in [3.63, 3.8) is 0 Å². The summed E-state index contributed by atoms with van der Waals surface area (Å²) in [5.41, 5.74) is 0. The Hall–Kier alpha value is -0.0800. The Morgan fingerprint density at radius 2 is 1.73 bits per heavy atom. The minimum absolute atomic E-state index is 0.619. The predicted octanol–water partition coefficient (Wildman–Crippen LogP) is 1.08. The highest BCUT2D eigenvalue weighted by molar-refractivity contribution is 4.79. The number of rotatable bonds is 3. The first kappa shape index (κ1) is 9.01. The number of nitrogens with zero attached hydrogens (tertiary/aromatic N) is 1. The van der Waals surface area contributed by atoms with E-state index in [1.165, 1.54) is 25.9 Å².